The lowest BCUT2D eigenvalue weighted by Crippen LogP contribution is -2.00. The maximum atomic E-state index is 12.3. The van der Waals surface area contributed by atoms with E-state index in [9.17, 15) is 4.79 Å². The third-order valence-electron chi connectivity index (χ3n) is 4.53. The molecule has 1 aliphatic rings. The molecule has 120 valence electrons. The molecule has 0 spiro atoms. The van der Waals surface area contributed by atoms with E-state index in [2.05, 4.69) is 32.9 Å². The van der Waals surface area contributed by atoms with Crippen molar-refractivity contribution in [3.8, 4) is 0 Å². The highest BCUT2D eigenvalue weighted by Gasteiger charge is 2.23. The maximum Gasteiger partial charge on any atom is 0.161 e. The Labute approximate surface area is 139 Å². The third kappa shape index (κ3) is 3.60. The normalized spacial score (nSPS) is 16.4. The number of fused-ring (bicyclic) bond motifs is 1. The topological polar surface area (TPSA) is 17.1 Å². The fraction of sp³-hybridized carbons (Fsp3) is 0.550. The summed E-state index contributed by atoms with van der Waals surface area (Å²) < 4.78 is 0. The van der Waals surface area contributed by atoms with Gasteiger partial charge in [-0.05, 0) is 69.1 Å². The van der Waals surface area contributed by atoms with Gasteiger partial charge in [-0.15, -0.1) is 11.3 Å². The van der Waals surface area contributed by atoms with Crippen LogP contribution in [0, 0.1) is 0 Å². The van der Waals surface area contributed by atoms with Gasteiger partial charge in [-0.25, -0.2) is 0 Å². The lowest BCUT2D eigenvalue weighted by molar-refractivity contribution is 0.101. The highest BCUT2D eigenvalue weighted by molar-refractivity contribution is 7.13. The molecule has 1 nitrogen and oxygen atoms in total. The molecule has 0 aromatic carbocycles. The van der Waals surface area contributed by atoms with Gasteiger partial charge in [0, 0.05) is 15.3 Å². The maximum absolute atomic E-state index is 12.3. The van der Waals surface area contributed by atoms with E-state index in [1.165, 1.54) is 45.7 Å². The van der Waals surface area contributed by atoms with Gasteiger partial charge in [-0.3, -0.25) is 4.79 Å². The van der Waals surface area contributed by atoms with Crippen LogP contribution in [0.1, 0.15) is 85.5 Å². The molecule has 1 aromatic rings. The highest BCUT2D eigenvalue weighted by atomic mass is 32.1. The van der Waals surface area contributed by atoms with Crippen molar-refractivity contribution < 1.29 is 4.79 Å². The van der Waals surface area contributed by atoms with Crippen LogP contribution < -0.4 is 0 Å². The van der Waals surface area contributed by atoms with Crippen LogP contribution in [0.4, 0.5) is 0 Å². The quantitative estimate of drug-likeness (QED) is 0.350. The van der Waals surface area contributed by atoms with Crippen molar-refractivity contribution in [1.29, 1.82) is 0 Å². The van der Waals surface area contributed by atoms with E-state index in [0.29, 0.717) is 0 Å². The molecule has 0 bridgehead atoms. The first-order chi connectivity index (χ1) is 10.6. The molecule has 1 heterocycles. The predicted molar refractivity (Wildman–Crippen MR) is 97.9 cm³/mol. The Bertz CT molecular complexity index is 601. The van der Waals surface area contributed by atoms with Crippen molar-refractivity contribution in [1.82, 2.24) is 0 Å². The molecular formula is C20H28OS. The first-order valence-electron chi connectivity index (χ1n) is 8.62. The minimum absolute atomic E-state index is 0.240. The Morgan fingerprint density at radius 3 is 2.50 bits per heavy atom. The largest absolute Gasteiger partial charge is 0.294 e. The molecule has 2 heteroatoms. The van der Waals surface area contributed by atoms with Gasteiger partial charge in [0.2, 0.25) is 0 Å². The van der Waals surface area contributed by atoms with Crippen molar-refractivity contribution in [3.05, 3.63) is 38.6 Å². The lowest BCUT2D eigenvalue weighted by atomic mass is 9.96. The summed E-state index contributed by atoms with van der Waals surface area (Å²) in [6.07, 6.45) is 12.5. The summed E-state index contributed by atoms with van der Waals surface area (Å²) in [7, 11) is 0. The van der Waals surface area contributed by atoms with Crippen LogP contribution in [0.2, 0.25) is 0 Å². The van der Waals surface area contributed by atoms with E-state index in [1.54, 1.807) is 6.92 Å². The average molecular weight is 317 g/mol. The molecule has 0 saturated carbocycles. The number of hydrogen-bond acceptors (Lipinski definition) is 2. The number of Topliss-reactive ketones (excluding diaryl/α,β-unsaturated/α-hetero) is 1. The molecule has 0 unspecified atom stereocenters. The molecule has 2 rings (SSSR count). The number of ketones is 1. The van der Waals surface area contributed by atoms with Gasteiger partial charge < -0.3 is 0 Å². The SMILES string of the molecule is CC/C=C\C(CC)=C(/C)c1sc2c(c1C(C)=O)CCCCC2. The van der Waals surface area contributed by atoms with Crippen LogP contribution in [0.5, 0.6) is 0 Å². The summed E-state index contributed by atoms with van der Waals surface area (Å²) in [5, 5.41) is 0. The Balaban J connectivity index is 2.57. The van der Waals surface area contributed by atoms with E-state index in [0.717, 1.165) is 31.2 Å². The Hall–Kier alpha value is -1.15. The summed E-state index contributed by atoms with van der Waals surface area (Å²) in [6.45, 7) is 8.28. The van der Waals surface area contributed by atoms with E-state index in [1.807, 2.05) is 11.3 Å². The van der Waals surface area contributed by atoms with Gasteiger partial charge in [-0.2, -0.15) is 0 Å². The average Bonchev–Trinajstić information content (AvgIpc) is 2.71. The summed E-state index contributed by atoms with van der Waals surface area (Å²) in [6, 6.07) is 0. The molecule has 0 fully saturated rings. The van der Waals surface area contributed by atoms with Crippen LogP contribution in [0.25, 0.3) is 5.57 Å². The fourth-order valence-corrected chi connectivity index (χ4v) is 4.77. The van der Waals surface area contributed by atoms with E-state index < -0.39 is 0 Å². The zero-order chi connectivity index (χ0) is 16.1. The molecule has 0 aliphatic heterocycles. The Kier molecular flexibility index (Phi) is 6.19. The second kappa shape index (κ2) is 7.92. The monoisotopic (exact) mass is 316 g/mol. The van der Waals surface area contributed by atoms with Crippen LogP contribution >= 0.6 is 11.3 Å². The zero-order valence-corrected chi connectivity index (χ0v) is 15.2. The third-order valence-corrected chi connectivity index (χ3v) is 5.94. The van der Waals surface area contributed by atoms with E-state index >= 15 is 0 Å². The van der Waals surface area contributed by atoms with Crippen molar-refractivity contribution in [3.63, 3.8) is 0 Å². The van der Waals surface area contributed by atoms with Crippen molar-refractivity contribution >= 4 is 22.7 Å². The van der Waals surface area contributed by atoms with Crippen LogP contribution in [0.3, 0.4) is 0 Å². The molecule has 0 atom stereocenters. The van der Waals surface area contributed by atoms with Gasteiger partial charge in [0.1, 0.15) is 0 Å². The molecule has 0 saturated heterocycles. The summed E-state index contributed by atoms with van der Waals surface area (Å²) >= 11 is 1.88. The van der Waals surface area contributed by atoms with Gasteiger partial charge >= 0.3 is 0 Å². The number of allylic oxidation sites excluding steroid dienone is 4. The molecule has 1 aromatic heterocycles. The van der Waals surface area contributed by atoms with Crippen LogP contribution in [0.15, 0.2) is 17.7 Å². The number of hydrogen-bond donors (Lipinski definition) is 0. The predicted octanol–water partition coefficient (Wildman–Crippen LogP) is 6.37. The van der Waals surface area contributed by atoms with Crippen LogP contribution in [-0.2, 0) is 12.8 Å². The highest BCUT2D eigenvalue weighted by Crippen LogP contribution is 2.39. The second-order valence-electron chi connectivity index (χ2n) is 6.14. The van der Waals surface area contributed by atoms with Gasteiger partial charge in [0.15, 0.2) is 5.78 Å². The zero-order valence-electron chi connectivity index (χ0n) is 14.4. The smallest absolute Gasteiger partial charge is 0.161 e. The first-order valence-corrected chi connectivity index (χ1v) is 9.43. The van der Waals surface area contributed by atoms with E-state index in [4.69, 9.17) is 0 Å². The minimum atomic E-state index is 0.240. The Morgan fingerprint density at radius 2 is 1.86 bits per heavy atom. The van der Waals surface area contributed by atoms with Gasteiger partial charge in [0.25, 0.3) is 0 Å². The summed E-state index contributed by atoms with van der Waals surface area (Å²) in [5.41, 5.74) is 5.05. The molecule has 0 N–H and O–H groups in total. The van der Waals surface area contributed by atoms with E-state index in [-0.39, 0.29) is 5.78 Å². The first kappa shape index (κ1) is 17.2. The standard InChI is InChI=1S/C20H28OS/c1-5-7-11-16(6-2)14(3)20-19(15(4)21)17-12-9-8-10-13-18(17)22-20/h7,11H,5-6,8-10,12-13H2,1-4H3/b11-7-,16-14+. The molecule has 0 radical (unpaired) electrons. The number of thiophene rings is 1. The number of aryl methyl sites for hydroxylation is 1. The van der Waals surface area contributed by atoms with Crippen LogP contribution in [-0.4, -0.2) is 5.78 Å². The fourth-order valence-electron chi connectivity index (χ4n) is 3.29. The number of carbonyl (C=O) groups excluding carboxylic acids is 1. The molecular weight excluding hydrogens is 288 g/mol. The minimum Gasteiger partial charge on any atom is -0.294 e. The second-order valence-corrected chi connectivity index (χ2v) is 7.24. The summed E-state index contributed by atoms with van der Waals surface area (Å²) in [4.78, 5) is 15.0. The Morgan fingerprint density at radius 1 is 1.14 bits per heavy atom. The number of rotatable bonds is 5. The molecule has 1 aliphatic carbocycles. The lowest BCUT2D eigenvalue weighted by Gasteiger charge is -2.08. The van der Waals surface area contributed by atoms with Crippen molar-refractivity contribution in [2.45, 2.75) is 72.6 Å². The van der Waals surface area contributed by atoms with Gasteiger partial charge in [0.05, 0.1) is 0 Å². The van der Waals surface area contributed by atoms with Gasteiger partial charge in [-0.1, -0.05) is 32.4 Å². The summed E-state index contributed by atoms with van der Waals surface area (Å²) in [5.74, 6) is 0.240. The van der Waals surface area contributed by atoms with Crippen molar-refractivity contribution in [2.75, 3.05) is 0 Å². The van der Waals surface area contributed by atoms with Crippen molar-refractivity contribution in [2.24, 2.45) is 0 Å². The number of carbonyl (C=O) groups is 1. The molecule has 22 heavy (non-hydrogen) atoms. The molecule has 0 amide bonds.